The number of hydrogen-bond donors (Lipinski definition) is 0. The van der Waals surface area contributed by atoms with Crippen molar-refractivity contribution in [3.05, 3.63) is 237 Å². The van der Waals surface area contributed by atoms with Crippen molar-refractivity contribution in [2.75, 3.05) is 4.90 Å². The van der Waals surface area contributed by atoms with Crippen molar-refractivity contribution in [1.29, 1.82) is 0 Å². The fourth-order valence-corrected chi connectivity index (χ4v) is 10.5. The van der Waals surface area contributed by atoms with E-state index in [-0.39, 0.29) is 0 Å². The molecule has 0 bridgehead atoms. The molecule has 0 spiro atoms. The highest BCUT2D eigenvalue weighted by Crippen LogP contribution is 2.50. The number of hydrogen-bond acceptors (Lipinski definition) is 3. The van der Waals surface area contributed by atoms with Gasteiger partial charge < -0.3 is 9.32 Å². The molecule has 0 aliphatic rings. The third kappa shape index (κ3) is 6.67. The lowest BCUT2D eigenvalue weighted by Gasteiger charge is -2.27. The van der Waals surface area contributed by atoms with Crippen LogP contribution in [0, 0.1) is 0 Å². The predicted octanol–water partition coefficient (Wildman–Crippen LogP) is 17.8. The highest BCUT2D eigenvalue weighted by atomic mass is 32.1. The molecule has 10 aromatic carbocycles. The second kappa shape index (κ2) is 15.5. The van der Waals surface area contributed by atoms with E-state index in [4.69, 9.17) is 4.42 Å². The average molecular weight is 822 g/mol. The van der Waals surface area contributed by atoms with Crippen LogP contribution in [0.15, 0.2) is 241 Å². The molecule has 0 atom stereocenters. The summed E-state index contributed by atoms with van der Waals surface area (Å²) in [6, 6.07) is 85.3. The first-order valence-electron chi connectivity index (χ1n) is 21.4. The maximum atomic E-state index is 6.59. The van der Waals surface area contributed by atoms with Crippen LogP contribution in [0.4, 0.5) is 17.1 Å². The summed E-state index contributed by atoms with van der Waals surface area (Å²) < 4.78 is 9.11. The molecule has 0 aliphatic heterocycles. The van der Waals surface area contributed by atoms with Crippen LogP contribution < -0.4 is 4.90 Å². The van der Waals surface area contributed by atoms with Crippen molar-refractivity contribution in [3.8, 4) is 55.6 Å². The van der Waals surface area contributed by atoms with Gasteiger partial charge >= 0.3 is 0 Å². The number of furan rings is 1. The molecule has 0 aliphatic carbocycles. The van der Waals surface area contributed by atoms with Gasteiger partial charge in [-0.05, 0) is 110 Å². The van der Waals surface area contributed by atoms with Gasteiger partial charge in [-0.2, -0.15) is 0 Å². The lowest BCUT2D eigenvalue weighted by Crippen LogP contribution is -2.10. The van der Waals surface area contributed by atoms with E-state index in [0.29, 0.717) is 0 Å². The molecule has 12 aromatic rings. The predicted molar refractivity (Wildman–Crippen MR) is 268 cm³/mol. The fraction of sp³-hybridized carbons (Fsp3) is 0. The Bertz CT molecular complexity index is 3590. The van der Waals surface area contributed by atoms with Crippen LogP contribution in [0.1, 0.15) is 0 Å². The van der Waals surface area contributed by atoms with E-state index in [0.717, 1.165) is 50.1 Å². The number of nitrogens with zero attached hydrogens (tertiary/aromatic N) is 1. The minimum atomic E-state index is 0.866. The Morgan fingerprint density at radius 1 is 0.317 bits per heavy atom. The van der Waals surface area contributed by atoms with Gasteiger partial charge in [0, 0.05) is 42.3 Å². The van der Waals surface area contributed by atoms with Gasteiger partial charge in [0.1, 0.15) is 11.2 Å². The van der Waals surface area contributed by atoms with Gasteiger partial charge in [-0.3, -0.25) is 0 Å². The molecule has 0 N–H and O–H groups in total. The van der Waals surface area contributed by atoms with Gasteiger partial charge in [0.25, 0.3) is 0 Å². The van der Waals surface area contributed by atoms with Crippen molar-refractivity contribution in [3.63, 3.8) is 0 Å². The molecule has 0 radical (unpaired) electrons. The smallest absolute Gasteiger partial charge is 0.136 e. The Balaban J connectivity index is 1.07. The largest absolute Gasteiger partial charge is 0.456 e. The molecular formula is C60H39NOS. The summed E-state index contributed by atoms with van der Waals surface area (Å²) in [4.78, 5) is 2.45. The van der Waals surface area contributed by atoms with Crippen molar-refractivity contribution in [2.24, 2.45) is 0 Å². The van der Waals surface area contributed by atoms with E-state index >= 15 is 0 Å². The van der Waals surface area contributed by atoms with Crippen LogP contribution in [-0.4, -0.2) is 0 Å². The lowest BCUT2D eigenvalue weighted by atomic mass is 9.98. The summed E-state index contributed by atoms with van der Waals surface area (Å²) in [5.41, 5.74) is 16.9. The molecule has 12 rings (SSSR count). The van der Waals surface area contributed by atoms with E-state index < -0.39 is 0 Å². The first-order chi connectivity index (χ1) is 31.2. The zero-order chi connectivity index (χ0) is 41.7. The number of benzene rings is 10. The Morgan fingerprint density at radius 3 is 1.49 bits per heavy atom. The zero-order valence-corrected chi connectivity index (χ0v) is 35.1. The molecule has 0 fully saturated rings. The fourth-order valence-electron chi connectivity index (χ4n) is 9.16. The quantitative estimate of drug-likeness (QED) is 0.152. The number of fused-ring (bicyclic) bond motifs is 6. The molecule has 2 nitrogen and oxygen atoms in total. The number of anilines is 3. The minimum absolute atomic E-state index is 0.866. The normalized spacial score (nSPS) is 11.5. The first kappa shape index (κ1) is 36.8. The molecule has 2 heterocycles. The third-order valence-corrected chi connectivity index (χ3v) is 13.5. The monoisotopic (exact) mass is 821 g/mol. The van der Waals surface area contributed by atoms with Crippen LogP contribution in [0.2, 0.25) is 0 Å². The summed E-state index contributed by atoms with van der Waals surface area (Å²) >= 11 is 1.88. The van der Waals surface area contributed by atoms with Gasteiger partial charge in [0.05, 0.1) is 5.69 Å². The molecule has 0 saturated heterocycles. The Labute approximate surface area is 370 Å². The van der Waals surface area contributed by atoms with E-state index in [9.17, 15) is 0 Å². The Hall–Kier alpha value is -7.98. The molecule has 2 aromatic heterocycles. The molecule has 0 saturated carbocycles. The number of rotatable bonds is 8. The van der Waals surface area contributed by atoms with Crippen molar-refractivity contribution in [2.45, 2.75) is 0 Å². The van der Waals surface area contributed by atoms with Crippen molar-refractivity contribution in [1.82, 2.24) is 0 Å². The maximum Gasteiger partial charge on any atom is 0.136 e. The highest BCUT2D eigenvalue weighted by Gasteiger charge is 2.23. The average Bonchev–Trinajstić information content (AvgIpc) is 3.93. The molecule has 63 heavy (non-hydrogen) atoms. The molecular weight excluding hydrogens is 783 g/mol. The summed E-state index contributed by atoms with van der Waals surface area (Å²) in [6.07, 6.45) is 0. The van der Waals surface area contributed by atoms with E-state index in [1.165, 1.54) is 64.7 Å². The Kier molecular flexibility index (Phi) is 9.06. The molecule has 296 valence electrons. The lowest BCUT2D eigenvalue weighted by molar-refractivity contribution is 0.669. The van der Waals surface area contributed by atoms with Crippen LogP contribution in [0.25, 0.3) is 97.7 Å². The van der Waals surface area contributed by atoms with Gasteiger partial charge in [-0.15, -0.1) is 11.3 Å². The summed E-state index contributed by atoms with van der Waals surface area (Å²) in [5.74, 6) is 0. The molecule has 0 amide bonds. The highest BCUT2D eigenvalue weighted by molar-refractivity contribution is 7.26. The van der Waals surface area contributed by atoms with Crippen LogP contribution in [0.3, 0.4) is 0 Å². The number of thiophene rings is 1. The summed E-state index contributed by atoms with van der Waals surface area (Å²) in [7, 11) is 0. The van der Waals surface area contributed by atoms with Gasteiger partial charge in [-0.1, -0.05) is 182 Å². The topological polar surface area (TPSA) is 16.4 Å². The third-order valence-electron chi connectivity index (χ3n) is 12.3. The zero-order valence-electron chi connectivity index (χ0n) is 34.3. The maximum absolute atomic E-state index is 6.59. The summed E-state index contributed by atoms with van der Waals surface area (Å²) in [5, 5.41) is 4.65. The van der Waals surface area contributed by atoms with Crippen molar-refractivity contribution >= 4 is 70.5 Å². The van der Waals surface area contributed by atoms with Crippen LogP contribution in [-0.2, 0) is 0 Å². The minimum Gasteiger partial charge on any atom is -0.456 e. The summed E-state index contributed by atoms with van der Waals surface area (Å²) in [6.45, 7) is 0. The molecule has 3 heteroatoms. The van der Waals surface area contributed by atoms with E-state index in [1.807, 2.05) is 11.3 Å². The van der Waals surface area contributed by atoms with Gasteiger partial charge in [0.2, 0.25) is 0 Å². The Morgan fingerprint density at radius 2 is 0.825 bits per heavy atom. The van der Waals surface area contributed by atoms with Gasteiger partial charge in [0.15, 0.2) is 0 Å². The van der Waals surface area contributed by atoms with Gasteiger partial charge in [-0.25, -0.2) is 0 Å². The second-order valence-corrected chi connectivity index (χ2v) is 17.1. The van der Waals surface area contributed by atoms with E-state index in [2.05, 4.69) is 241 Å². The molecule has 0 unspecified atom stereocenters. The SMILES string of the molecule is c1ccc(-c2ccc(-c3cccc(N(c4ccc5oc6cc(-c7ccccc7)ccc6c5c4)c4ccc(-c5ccccc5)c5sc6cc(-c7ccccc7)ccc6c45)c3)cc2)cc1. The first-order valence-corrected chi connectivity index (χ1v) is 22.2. The van der Waals surface area contributed by atoms with Crippen LogP contribution >= 0.6 is 11.3 Å². The standard InChI is InChI=1S/C60H39NOS/c1-5-14-40(15-6-1)43-24-26-44(27-25-43)46-22-13-23-49(36-46)61(50-30-35-56-54(39-50)52-31-28-47(37-57(52)62-56)41-16-7-2-8-17-41)55-34-33-51(45-20-11-4-12-21-45)60-59(55)53-32-29-48(38-58(53)63-60)42-18-9-3-10-19-42/h1-39H. The second-order valence-electron chi connectivity index (χ2n) is 16.1. The van der Waals surface area contributed by atoms with Crippen molar-refractivity contribution < 1.29 is 4.42 Å². The van der Waals surface area contributed by atoms with E-state index in [1.54, 1.807) is 0 Å². The van der Waals surface area contributed by atoms with Crippen LogP contribution in [0.5, 0.6) is 0 Å².